The Kier molecular flexibility index (Phi) is 6.50. The third-order valence-corrected chi connectivity index (χ3v) is 6.85. The SMILES string of the molecule is CS(=O)(=O)NCc1ccccc1S(=O)(=O)c1ccc(/C=C/c2ccc(F)cc2)cc1. The molecule has 0 aliphatic rings. The van der Waals surface area contributed by atoms with Crippen LogP contribution in [0, 0.1) is 5.82 Å². The van der Waals surface area contributed by atoms with E-state index in [1.54, 1.807) is 54.6 Å². The average molecular weight is 446 g/mol. The van der Waals surface area contributed by atoms with Crippen LogP contribution in [0.4, 0.5) is 4.39 Å². The molecule has 0 aromatic heterocycles. The zero-order chi connectivity index (χ0) is 21.8. The fourth-order valence-corrected chi connectivity index (χ4v) is 4.68. The van der Waals surface area contributed by atoms with Crippen molar-refractivity contribution in [3.05, 3.63) is 95.3 Å². The topological polar surface area (TPSA) is 80.3 Å². The molecule has 0 aliphatic carbocycles. The van der Waals surface area contributed by atoms with Gasteiger partial charge in [-0.3, -0.25) is 0 Å². The number of halogens is 1. The second kappa shape index (κ2) is 8.91. The molecule has 0 bridgehead atoms. The van der Waals surface area contributed by atoms with Gasteiger partial charge in [-0.25, -0.2) is 25.9 Å². The molecule has 0 heterocycles. The van der Waals surface area contributed by atoms with Crippen molar-refractivity contribution >= 4 is 32.0 Å². The molecule has 3 aromatic carbocycles. The normalized spacial score (nSPS) is 12.3. The summed E-state index contributed by atoms with van der Waals surface area (Å²) in [4.78, 5) is 0.156. The summed E-state index contributed by atoms with van der Waals surface area (Å²) < 4.78 is 64.2. The molecule has 1 N–H and O–H groups in total. The number of rotatable bonds is 7. The van der Waals surface area contributed by atoms with E-state index in [9.17, 15) is 21.2 Å². The lowest BCUT2D eigenvalue weighted by Crippen LogP contribution is -2.22. The van der Waals surface area contributed by atoms with Crippen LogP contribution in [0.3, 0.4) is 0 Å². The van der Waals surface area contributed by atoms with Gasteiger partial charge in [-0.1, -0.05) is 54.6 Å². The van der Waals surface area contributed by atoms with Gasteiger partial charge < -0.3 is 0 Å². The molecular weight excluding hydrogens is 425 g/mol. The summed E-state index contributed by atoms with van der Waals surface area (Å²) in [7, 11) is -7.29. The van der Waals surface area contributed by atoms with E-state index in [4.69, 9.17) is 0 Å². The quantitative estimate of drug-likeness (QED) is 0.560. The van der Waals surface area contributed by atoms with Gasteiger partial charge in [-0.15, -0.1) is 0 Å². The lowest BCUT2D eigenvalue weighted by molar-refractivity contribution is 0.583. The van der Waals surface area contributed by atoms with E-state index in [1.807, 2.05) is 0 Å². The van der Waals surface area contributed by atoms with E-state index in [0.717, 1.165) is 17.4 Å². The molecule has 0 spiro atoms. The van der Waals surface area contributed by atoms with Gasteiger partial charge in [0, 0.05) is 6.54 Å². The number of sulfonamides is 1. The third kappa shape index (κ3) is 5.63. The average Bonchev–Trinajstić information content (AvgIpc) is 2.72. The predicted octanol–water partition coefficient (Wildman–Crippen LogP) is 3.88. The monoisotopic (exact) mass is 445 g/mol. The van der Waals surface area contributed by atoms with Crippen LogP contribution >= 0.6 is 0 Å². The lowest BCUT2D eigenvalue weighted by atomic mass is 10.1. The van der Waals surface area contributed by atoms with E-state index in [1.165, 1.54) is 30.3 Å². The molecule has 5 nitrogen and oxygen atoms in total. The van der Waals surface area contributed by atoms with Crippen LogP contribution in [-0.2, 0) is 26.4 Å². The molecule has 0 atom stereocenters. The first-order valence-corrected chi connectivity index (χ1v) is 12.3. The van der Waals surface area contributed by atoms with E-state index in [2.05, 4.69) is 4.72 Å². The largest absolute Gasteiger partial charge is 0.219 e. The maximum Gasteiger partial charge on any atom is 0.209 e. The van der Waals surface area contributed by atoms with Gasteiger partial charge in [0.25, 0.3) is 0 Å². The Morgan fingerprint density at radius 3 is 1.90 bits per heavy atom. The highest BCUT2D eigenvalue weighted by molar-refractivity contribution is 7.91. The van der Waals surface area contributed by atoms with Crippen molar-refractivity contribution in [2.24, 2.45) is 0 Å². The van der Waals surface area contributed by atoms with Crippen LogP contribution < -0.4 is 4.72 Å². The maximum atomic E-state index is 13.1. The van der Waals surface area contributed by atoms with Gasteiger partial charge in [-0.05, 0) is 47.0 Å². The van der Waals surface area contributed by atoms with E-state index >= 15 is 0 Å². The molecule has 30 heavy (non-hydrogen) atoms. The fourth-order valence-electron chi connectivity index (χ4n) is 2.77. The Balaban J connectivity index is 1.84. The Morgan fingerprint density at radius 1 is 0.800 bits per heavy atom. The van der Waals surface area contributed by atoms with Crippen LogP contribution in [0.5, 0.6) is 0 Å². The second-order valence-electron chi connectivity index (χ2n) is 6.66. The molecular formula is C22H20FNO4S2. The standard InChI is InChI=1S/C22H20FNO4S2/c1-29(25,26)24-16-19-4-2-3-5-22(19)30(27,28)21-14-10-18(11-15-21)7-6-17-8-12-20(23)13-9-17/h2-15,24H,16H2,1H3/b7-6+. The minimum absolute atomic E-state index is 0.0516. The Morgan fingerprint density at radius 2 is 1.33 bits per heavy atom. The molecule has 0 amide bonds. The number of nitrogens with one attached hydrogen (secondary N) is 1. The summed E-state index contributed by atoms with van der Waals surface area (Å²) in [5, 5.41) is 0. The van der Waals surface area contributed by atoms with Crippen LogP contribution in [0.15, 0.2) is 82.6 Å². The van der Waals surface area contributed by atoms with Gasteiger partial charge >= 0.3 is 0 Å². The molecule has 0 unspecified atom stereocenters. The molecule has 8 heteroatoms. The van der Waals surface area contributed by atoms with Crippen LogP contribution in [0.25, 0.3) is 12.2 Å². The Labute approximate surface area is 175 Å². The van der Waals surface area contributed by atoms with Crippen LogP contribution in [0.1, 0.15) is 16.7 Å². The van der Waals surface area contributed by atoms with Crippen molar-refractivity contribution in [2.45, 2.75) is 16.3 Å². The van der Waals surface area contributed by atoms with Gasteiger partial charge in [-0.2, -0.15) is 0 Å². The van der Waals surface area contributed by atoms with Gasteiger partial charge in [0.05, 0.1) is 16.0 Å². The summed E-state index contributed by atoms with van der Waals surface area (Å²) in [6.07, 6.45) is 4.62. The highest BCUT2D eigenvalue weighted by Gasteiger charge is 2.21. The zero-order valence-electron chi connectivity index (χ0n) is 16.1. The smallest absolute Gasteiger partial charge is 0.209 e. The summed E-state index contributed by atoms with van der Waals surface area (Å²) in [6.45, 7) is -0.118. The molecule has 156 valence electrons. The van der Waals surface area contributed by atoms with Gasteiger partial charge in [0.1, 0.15) is 5.82 Å². The third-order valence-electron chi connectivity index (χ3n) is 4.32. The van der Waals surface area contributed by atoms with Crippen molar-refractivity contribution in [2.75, 3.05) is 6.26 Å². The highest BCUT2D eigenvalue weighted by atomic mass is 32.2. The summed E-state index contributed by atoms with van der Waals surface area (Å²) in [5.74, 6) is -0.311. The summed E-state index contributed by atoms with van der Waals surface area (Å²) in [5.41, 5.74) is 1.97. The molecule has 3 rings (SSSR count). The maximum absolute atomic E-state index is 13.1. The van der Waals surface area contributed by atoms with E-state index in [0.29, 0.717) is 5.56 Å². The zero-order valence-corrected chi connectivity index (χ0v) is 17.8. The van der Waals surface area contributed by atoms with Crippen LogP contribution in [0.2, 0.25) is 0 Å². The molecule has 0 aliphatic heterocycles. The first kappa shape index (κ1) is 21.9. The number of sulfone groups is 1. The molecule has 0 radical (unpaired) electrons. The van der Waals surface area contributed by atoms with Gasteiger partial charge in [0.15, 0.2) is 0 Å². The highest BCUT2D eigenvalue weighted by Crippen LogP contribution is 2.25. The molecule has 0 fully saturated rings. The number of benzene rings is 3. The van der Waals surface area contributed by atoms with Crippen molar-refractivity contribution < 1.29 is 21.2 Å². The second-order valence-corrected chi connectivity index (χ2v) is 10.4. The van der Waals surface area contributed by atoms with E-state index in [-0.39, 0.29) is 22.2 Å². The van der Waals surface area contributed by atoms with Crippen molar-refractivity contribution in [3.63, 3.8) is 0 Å². The van der Waals surface area contributed by atoms with Crippen molar-refractivity contribution in [3.8, 4) is 0 Å². The first-order valence-electron chi connectivity index (χ1n) is 8.96. The van der Waals surface area contributed by atoms with Crippen molar-refractivity contribution in [1.82, 2.24) is 4.72 Å². The lowest BCUT2D eigenvalue weighted by Gasteiger charge is -2.11. The minimum atomic E-state index is -3.83. The summed E-state index contributed by atoms with van der Waals surface area (Å²) >= 11 is 0. The fraction of sp³-hybridized carbons (Fsp3) is 0.0909. The Hall–Kier alpha value is -2.81. The van der Waals surface area contributed by atoms with Crippen molar-refractivity contribution in [1.29, 1.82) is 0 Å². The number of hydrogen-bond donors (Lipinski definition) is 1. The number of hydrogen-bond acceptors (Lipinski definition) is 4. The molecule has 3 aromatic rings. The molecule has 0 saturated heterocycles. The predicted molar refractivity (Wildman–Crippen MR) is 115 cm³/mol. The Bertz CT molecular complexity index is 1270. The molecule has 0 saturated carbocycles. The first-order chi connectivity index (χ1) is 14.1. The van der Waals surface area contributed by atoms with Gasteiger partial charge in [0.2, 0.25) is 19.9 Å². The van der Waals surface area contributed by atoms with Crippen LogP contribution in [-0.4, -0.2) is 23.1 Å². The van der Waals surface area contributed by atoms with E-state index < -0.39 is 19.9 Å². The summed E-state index contributed by atoms with van der Waals surface area (Å²) in [6, 6.07) is 18.6. The minimum Gasteiger partial charge on any atom is -0.219 e.